The lowest BCUT2D eigenvalue weighted by Crippen LogP contribution is -2.20. The molecule has 5 heterocycles. The second-order valence-electron chi connectivity index (χ2n) is 8.85. The molecule has 0 bridgehead atoms. The van der Waals surface area contributed by atoms with E-state index in [2.05, 4.69) is 53.3 Å². The smallest absolute Gasteiger partial charge is 0.234 e. The summed E-state index contributed by atoms with van der Waals surface area (Å²) in [5.41, 5.74) is 4.63. The van der Waals surface area contributed by atoms with Crippen molar-refractivity contribution >= 4 is 40.3 Å². The Kier molecular flexibility index (Phi) is 5.33. The van der Waals surface area contributed by atoms with Gasteiger partial charge < -0.3 is 19.4 Å². The molecule has 1 amide bonds. The Morgan fingerprint density at radius 3 is 2.83 bits per heavy atom. The van der Waals surface area contributed by atoms with Crippen LogP contribution in [0.2, 0.25) is 5.02 Å². The number of pyridine rings is 2. The molecule has 2 N–H and O–H groups in total. The van der Waals surface area contributed by atoms with Crippen LogP contribution in [-0.4, -0.2) is 34.6 Å². The van der Waals surface area contributed by atoms with Crippen molar-refractivity contribution in [3.63, 3.8) is 0 Å². The average molecular weight is 487 g/mol. The summed E-state index contributed by atoms with van der Waals surface area (Å²) in [7, 11) is 0. The van der Waals surface area contributed by atoms with E-state index in [-0.39, 0.29) is 5.91 Å². The van der Waals surface area contributed by atoms with Crippen molar-refractivity contribution in [2.24, 2.45) is 0 Å². The number of fused-ring (bicyclic) bond motifs is 2. The third-order valence-corrected chi connectivity index (χ3v) is 6.51. The number of aromatic nitrogens is 6. The van der Waals surface area contributed by atoms with Crippen LogP contribution in [0.3, 0.4) is 0 Å². The fourth-order valence-corrected chi connectivity index (χ4v) is 4.34. The Morgan fingerprint density at radius 1 is 1.11 bits per heavy atom. The van der Waals surface area contributed by atoms with Crippen LogP contribution in [0.4, 0.5) is 11.6 Å². The van der Waals surface area contributed by atoms with Crippen LogP contribution in [0.1, 0.15) is 48.6 Å². The highest BCUT2D eigenvalue weighted by atomic mass is 35.5. The van der Waals surface area contributed by atoms with E-state index in [0.717, 1.165) is 16.9 Å². The lowest BCUT2D eigenvalue weighted by molar-refractivity contribution is -0.117. The van der Waals surface area contributed by atoms with Crippen molar-refractivity contribution < 1.29 is 4.79 Å². The van der Waals surface area contributed by atoms with Crippen LogP contribution in [0, 0.1) is 0 Å². The minimum absolute atomic E-state index is 0.220. The first kappa shape index (κ1) is 21.5. The van der Waals surface area contributed by atoms with Gasteiger partial charge in [0.25, 0.3) is 0 Å². The van der Waals surface area contributed by atoms with Crippen molar-refractivity contribution in [3.8, 4) is 0 Å². The van der Waals surface area contributed by atoms with E-state index in [1.54, 1.807) is 31.5 Å². The topological polar surface area (TPSA) is 102 Å². The van der Waals surface area contributed by atoms with Gasteiger partial charge >= 0.3 is 0 Å². The highest BCUT2D eigenvalue weighted by Gasteiger charge is 2.24. The molecule has 6 rings (SSSR count). The maximum Gasteiger partial charge on any atom is 0.234 e. The quantitative estimate of drug-likeness (QED) is 0.347. The number of rotatable bonds is 7. The number of nitrogens with zero attached hydrogens (tertiary/aromatic N) is 6. The maximum atomic E-state index is 12.9. The van der Waals surface area contributed by atoms with Crippen molar-refractivity contribution in [3.05, 3.63) is 83.6 Å². The fraction of sp³-hybridized carbons (Fsp3) is 0.240. The van der Waals surface area contributed by atoms with Gasteiger partial charge in [0.2, 0.25) is 5.91 Å². The van der Waals surface area contributed by atoms with Gasteiger partial charge in [-0.2, -0.15) is 0 Å². The van der Waals surface area contributed by atoms with Gasteiger partial charge in [-0.1, -0.05) is 17.7 Å². The summed E-state index contributed by atoms with van der Waals surface area (Å²) in [5, 5.41) is 6.71. The summed E-state index contributed by atoms with van der Waals surface area (Å²) in [5.74, 6) is 0.985. The number of carbonyl (C=O) groups excluding carboxylic acids is 1. The van der Waals surface area contributed by atoms with Gasteiger partial charge in [0.1, 0.15) is 23.6 Å². The van der Waals surface area contributed by atoms with Gasteiger partial charge in [0.05, 0.1) is 35.7 Å². The van der Waals surface area contributed by atoms with Crippen LogP contribution < -0.4 is 10.6 Å². The third-order valence-electron chi connectivity index (χ3n) is 6.28. The molecule has 1 saturated carbocycles. The molecular weight excluding hydrogens is 464 g/mol. The molecule has 1 aliphatic rings. The number of anilines is 2. The van der Waals surface area contributed by atoms with Gasteiger partial charge in [0.15, 0.2) is 0 Å². The van der Waals surface area contributed by atoms with Crippen molar-refractivity contribution in [1.29, 1.82) is 0 Å². The summed E-state index contributed by atoms with van der Waals surface area (Å²) in [6, 6.07) is 9.50. The Bertz CT molecular complexity index is 1550. The summed E-state index contributed by atoms with van der Waals surface area (Å²) in [4.78, 5) is 30.5. The van der Waals surface area contributed by atoms with Gasteiger partial charge in [-0.25, -0.2) is 19.9 Å². The molecule has 0 aromatic carbocycles. The summed E-state index contributed by atoms with van der Waals surface area (Å²) in [6.07, 6.45) is 11.6. The molecular formula is C25H23ClN8O. The Morgan fingerprint density at radius 2 is 1.97 bits per heavy atom. The van der Waals surface area contributed by atoms with Gasteiger partial charge in [-0.05, 0) is 49.4 Å². The molecule has 0 aliphatic heterocycles. The van der Waals surface area contributed by atoms with Crippen molar-refractivity contribution in [2.45, 2.75) is 38.1 Å². The van der Waals surface area contributed by atoms with E-state index >= 15 is 0 Å². The van der Waals surface area contributed by atoms with Crippen LogP contribution in [-0.2, 0) is 11.3 Å². The number of nitrogens with one attached hydrogen (secondary N) is 2. The summed E-state index contributed by atoms with van der Waals surface area (Å²) in [6.45, 7) is 2.31. The number of carbonyl (C=O) groups is 1. The lowest BCUT2D eigenvalue weighted by atomic mass is 10.1. The van der Waals surface area contributed by atoms with E-state index in [1.165, 1.54) is 24.7 Å². The second-order valence-corrected chi connectivity index (χ2v) is 9.29. The van der Waals surface area contributed by atoms with E-state index in [0.29, 0.717) is 34.8 Å². The predicted octanol–water partition coefficient (Wildman–Crippen LogP) is 4.66. The summed E-state index contributed by atoms with van der Waals surface area (Å²) >= 11 is 6.13. The number of amides is 1. The van der Waals surface area contributed by atoms with Gasteiger partial charge in [-0.3, -0.25) is 4.79 Å². The van der Waals surface area contributed by atoms with E-state index in [4.69, 9.17) is 11.6 Å². The van der Waals surface area contributed by atoms with Gasteiger partial charge in [0, 0.05) is 29.7 Å². The normalized spacial score (nSPS) is 14.3. The molecule has 0 saturated heterocycles. The number of hydrogen-bond donors (Lipinski definition) is 2. The molecule has 1 fully saturated rings. The fourth-order valence-electron chi connectivity index (χ4n) is 4.18. The van der Waals surface area contributed by atoms with E-state index in [9.17, 15) is 4.79 Å². The minimum Gasteiger partial charge on any atom is -0.364 e. The Hall–Kier alpha value is -3.98. The summed E-state index contributed by atoms with van der Waals surface area (Å²) < 4.78 is 3.91. The predicted molar refractivity (Wildman–Crippen MR) is 134 cm³/mol. The first-order chi connectivity index (χ1) is 17.0. The van der Waals surface area contributed by atoms with Crippen LogP contribution in [0.25, 0.3) is 11.2 Å². The first-order valence-electron chi connectivity index (χ1n) is 11.5. The molecule has 5 aromatic rings. The molecule has 176 valence electrons. The Labute approximate surface area is 206 Å². The third kappa shape index (κ3) is 4.42. The van der Waals surface area contributed by atoms with Crippen LogP contribution >= 0.6 is 11.6 Å². The standard InChI is InChI=1S/C25H23ClN8O/c1-15(24-20-8-18(26)6-7-33(20)14-30-24)25(35)32-22-9-21(28-13-29-22)27-10-19-12-34-11-17(16-2-3-16)4-5-23(34)31-19/h4-9,11-16H,2-3,10H2,1H3,(H2,27,28,29,32,35). The average Bonchev–Trinajstić information content (AvgIpc) is 3.50. The maximum absolute atomic E-state index is 12.9. The highest BCUT2D eigenvalue weighted by molar-refractivity contribution is 6.30. The van der Waals surface area contributed by atoms with Crippen LogP contribution in [0.5, 0.6) is 0 Å². The molecule has 35 heavy (non-hydrogen) atoms. The first-order valence-corrected chi connectivity index (χ1v) is 11.9. The second kappa shape index (κ2) is 8.66. The molecule has 1 aliphatic carbocycles. The van der Waals surface area contributed by atoms with Crippen LogP contribution in [0.15, 0.2) is 61.6 Å². The zero-order valence-electron chi connectivity index (χ0n) is 19.0. The molecule has 9 nitrogen and oxygen atoms in total. The largest absolute Gasteiger partial charge is 0.364 e. The number of halogens is 1. The van der Waals surface area contributed by atoms with Crippen molar-refractivity contribution in [1.82, 2.24) is 28.7 Å². The van der Waals surface area contributed by atoms with E-state index < -0.39 is 5.92 Å². The zero-order valence-corrected chi connectivity index (χ0v) is 19.8. The zero-order chi connectivity index (χ0) is 23.9. The minimum atomic E-state index is -0.497. The van der Waals surface area contributed by atoms with Crippen molar-refractivity contribution in [2.75, 3.05) is 10.6 Å². The number of imidazole rings is 2. The molecule has 1 unspecified atom stereocenters. The molecule has 5 aromatic heterocycles. The number of hydrogen-bond acceptors (Lipinski definition) is 6. The Balaban J connectivity index is 1.13. The van der Waals surface area contributed by atoms with Gasteiger partial charge in [-0.15, -0.1) is 0 Å². The highest BCUT2D eigenvalue weighted by Crippen LogP contribution is 2.39. The SMILES string of the molecule is CC(C(=O)Nc1cc(NCc2cn3cc(C4CC4)ccc3n2)ncn1)c1ncn2ccc(Cl)cc12. The molecule has 1 atom stereocenters. The lowest BCUT2D eigenvalue weighted by Gasteiger charge is -2.11. The molecule has 0 spiro atoms. The monoisotopic (exact) mass is 486 g/mol. The van der Waals surface area contributed by atoms with E-state index in [1.807, 2.05) is 16.8 Å². The molecule has 0 radical (unpaired) electrons. The molecule has 10 heteroatoms.